The van der Waals surface area contributed by atoms with Gasteiger partial charge >= 0.3 is 0 Å². The summed E-state index contributed by atoms with van der Waals surface area (Å²) in [7, 11) is 0. The number of aliphatic hydroxyl groups is 1. The van der Waals surface area contributed by atoms with Crippen molar-refractivity contribution in [2.24, 2.45) is 5.73 Å². The van der Waals surface area contributed by atoms with E-state index in [1.165, 1.54) is 0 Å². The number of hydrogen-bond donors (Lipinski definition) is 2. The third kappa shape index (κ3) is 3.53. The molecule has 0 aliphatic heterocycles. The quantitative estimate of drug-likeness (QED) is 0.826. The standard InChI is InChI=1S/C15H18N2O2/c16-10-14-13(5-3-8-17-14)11-19-15-6-2-1-4-12(15)7-9-18/h1-6,8,18H,7,9-11,16H2. The molecular formula is C15H18N2O2. The Bertz CT molecular complexity index is 529. The van der Waals surface area contributed by atoms with Crippen LogP contribution in [0.25, 0.3) is 0 Å². The minimum absolute atomic E-state index is 0.112. The molecule has 0 fully saturated rings. The average Bonchev–Trinajstić information content (AvgIpc) is 2.47. The van der Waals surface area contributed by atoms with Gasteiger partial charge in [-0.25, -0.2) is 0 Å². The zero-order valence-corrected chi connectivity index (χ0v) is 10.7. The van der Waals surface area contributed by atoms with E-state index in [0.717, 1.165) is 22.6 Å². The van der Waals surface area contributed by atoms with E-state index in [0.29, 0.717) is 19.6 Å². The van der Waals surface area contributed by atoms with E-state index in [9.17, 15) is 0 Å². The lowest BCUT2D eigenvalue weighted by Crippen LogP contribution is -2.07. The first kappa shape index (κ1) is 13.5. The van der Waals surface area contributed by atoms with Gasteiger partial charge in [0.2, 0.25) is 0 Å². The average molecular weight is 258 g/mol. The van der Waals surface area contributed by atoms with Gasteiger partial charge in [0.05, 0.1) is 5.69 Å². The Kier molecular flexibility index (Phi) is 4.89. The Morgan fingerprint density at radius 3 is 2.68 bits per heavy atom. The molecule has 0 bridgehead atoms. The minimum atomic E-state index is 0.112. The molecular weight excluding hydrogens is 240 g/mol. The fourth-order valence-corrected chi connectivity index (χ4v) is 1.91. The van der Waals surface area contributed by atoms with Gasteiger partial charge in [-0.15, -0.1) is 0 Å². The van der Waals surface area contributed by atoms with Crippen molar-refractivity contribution >= 4 is 0 Å². The number of nitrogens with zero attached hydrogens (tertiary/aromatic N) is 1. The number of rotatable bonds is 6. The molecule has 1 aromatic carbocycles. The molecule has 0 amide bonds. The van der Waals surface area contributed by atoms with Gasteiger partial charge in [0.15, 0.2) is 0 Å². The number of pyridine rings is 1. The van der Waals surface area contributed by atoms with Crippen LogP contribution >= 0.6 is 0 Å². The first-order valence-electron chi connectivity index (χ1n) is 6.29. The van der Waals surface area contributed by atoms with E-state index in [4.69, 9.17) is 15.6 Å². The molecule has 0 spiro atoms. The van der Waals surface area contributed by atoms with Crippen LogP contribution in [0, 0.1) is 0 Å². The summed E-state index contributed by atoms with van der Waals surface area (Å²) in [4.78, 5) is 4.22. The van der Waals surface area contributed by atoms with E-state index in [1.54, 1.807) is 6.20 Å². The van der Waals surface area contributed by atoms with Crippen molar-refractivity contribution in [3.63, 3.8) is 0 Å². The second-order valence-corrected chi connectivity index (χ2v) is 4.18. The fraction of sp³-hybridized carbons (Fsp3) is 0.267. The fourth-order valence-electron chi connectivity index (χ4n) is 1.91. The minimum Gasteiger partial charge on any atom is -0.489 e. The Labute approximate surface area is 112 Å². The maximum Gasteiger partial charge on any atom is 0.123 e. The van der Waals surface area contributed by atoms with Crippen molar-refractivity contribution in [2.45, 2.75) is 19.6 Å². The Morgan fingerprint density at radius 2 is 1.89 bits per heavy atom. The Morgan fingerprint density at radius 1 is 1.11 bits per heavy atom. The van der Waals surface area contributed by atoms with Gasteiger partial charge in [0.25, 0.3) is 0 Å². The number of aromatic nitrogens is 1. The van der Waals surface area contributed by atoms with Gasteiger partial charge in [0.1, 0.15) is 12.4 Å². The summed E-state index contributed by atoms with van der Waals surface area (Å²) in [6.07, 6.45) is 2.32. The Balaban J connectivity index is 2.10. The summed E-state index contributed by atoms with van der Waals surface area (Å²) in [6.45, 7) is 0.946. The van der Waals surface area contributed by atoms with E-state index in [1.807, 2.05) is 36.4 Å². The zero-order chi connectivity index (χ0) is 13.5. The van der Waals surface area contributed by atoms with Crippen molar-refractivity contribution in [1.82, 2.24) is 4.98 Å². The van der Waals surface area contributed by atoms with Crippen LogP contribution in [-0.4, -0.2) is 16.7 Å². The Hall–Kier alpha value is -1.91. The highest BCUT2D eigenvalue weighted by Gasteiger charge is 2.05. The predicted octanol–water partition coefficient (Wildman–Crippen LogP) is 1.65. The number of benzene rings is 1. The highest BCUT2D eigenvalue weighted by molar-refractivity contribution is 5.34. The van der Waals surface area contributed by atoms with Crippen LogP contribution in [0.4, 0.5) is 0 Å². The van der Waals surface area contributed by atoms with Crippen LogP contribution in [-0.2, 0) is 19.6 Å². The molecule has 1 heterocycles. The molecule has 4 heteroatoms. The normalized spacial score (nSPS) is 10.4. The van der Waals surface area contributed by atoms with Crippen LogP contribution in [0.3, 0.4) is 0 Å². The second-order valence-electron chi connectivity index (χ2n) is 4.18. The van der Waals surface area contributed by atoms with E-state index >= 15 is 0 Å². The summed E-state index contributed by atoms with van der Waals surface area (Å²) in [5.41, 5.74) is 8.49. The summed E-state index contributed by atoms with van der Waals surface area (Å²) < 4.78 is 5.81. The van der Waals surface area contributed by atoms with Gasteiger partial charge in [-0.3, -0.25) is 4.98 Å². The van der Waals surface area contributed by atoms with Crippen LogP contribution < -0.4 is 10.5 Å². The van der Waals surface area contributed by atoms with Crippen molar-refractivity contribution in [3.8, 4) is 5.75 Å². The molecule has 0 aliphatic carbocycles. The first-order chi connectivity index (χ1) is 9.35. The molecule has 19 heavy (non-hydrogen) atoms. The lowest BCUT2D eigenvalue weighted by molar-refractivity contribution is 0.283. The zero-order valence-electron chi connectivity index (χ0n) is 10.7. The number of para-hydroxylation sites is 1. The van der Waals surface area contributed by atoms with Crippen LogP contribution in [0.2, 0.25) is 0 Å². The topological polar surface area (TPSA) is 68.4 Å². The van der Waals surface area contributed by atoms with Gasteiger partial charge in [-0.05, 0) is 24.1 Å². The monoisotopic (exact) mass is 258 g/mol. The summed E-state index contributed by atoms with van der Waals surface area (Å²) >= 11 is 0. The molecule has 3 N–H and O–H groups in total. The van der Waals surface area contributed by atoms with Crippen LogP contribution in [0.5, 0.6) is 5.75 Å². The van der Waals surface area contributed by atoms with Gasteiger partial charge in [0, 0.05) is 24.9 Å². The molecule has 0 atom stereocenters. The lowest BCUT2D eigenvalue weighted by atomic mass is 10.1. The molecule has 2 aromatic rings. The molecule has 4 nitrogen and oxygen atoms in total. The van der Waals surface area contributed by atoms with Crippen LogP contribution in [0.15, 0.2) is 42.6 Å². The maximum atomic E-state index is 9.03. The molecule has 0 aliphatic rings. The third-order valence-corrected chi connectivity index (χ3v) is 2.91. The highest BCUT2D eigenvalue weighted by Crippen LogP contribution is 2.20. The summed E-state index contributed by atoms with van der Waals surface area (Å²) in [5.74, 6) is 0.795. The van der Waals surface area contributed by atoms with Crippen molar-refractivity contribution < 1.29 is 9.84 Å². The number of ether oxygens (including phenoxy) is 1. The van der Waals surface area contributed by atoms with Gasteiger partial charge < -0.3 is 15.6 Å². The molecule has 100 valence electrons. The number of nitrogens with two attached hydrogens (primary N) is 1. The first-order valence-corrected chi connectivity index (χ1v) is 6.29. The van der Waals surface area contributed by atoms with Crippen LogP contribution in [0.1, 0.15) is 16.8 Å². The maximum absolute atomic E-state index is 9.03. The molecule has 0 saturated carbocycles. The molecule has 0 saturated heterocycles. The SMILES string of the molecule is NCc1ncccc1COc1ccccc1CCO. The summed E-state index contributed by atoms with van der Waals surface area (Å²) in [6, 6.07) is 11.6. The highest BCUT2D eigenvalue weighted by atomic mass is 16.5. The lowest BCUT2D eigenvalue weighted by Gasteiger charge is -2.12. The van der Waals surface area contributed by atoms with Crippen molar-refractivity contribution in [1.29, 1.82) is 0 Å². The second kappa shape index (κ2) is 6.87. The van der Waals surface area contributed by atoms with E-state index in [2.05, 4.69) is 4.98 Å². The van der Waals surface area contributed by atoms with Crippen molar-refractivity contribution in [2.75, 3.05) is 6.61 Å². The van der Waals surface area contributed by atoms with Gasteiger partial charge in [-0.1, -0.05) is 24.3 Å². The largest absolute Gasteiger partial charge is 0.489 e. The number of aliphatic hydroxyl groups excluding tert-OH is 1. The molecule has 1 aromatic heterocycles. The molecule has 2 rings (SSSR count). The smallest absolute Gasteiger partial charge is 0.123 e. The number of hydrogen-bond acceptors (Lipinski definition) is 4. The predicted molar refractivity (Wildman–Crippen MR) is 73.7 cm³/mol. The molecule has 0 radical (unpaired) electrons. The van der Waals surface area contributed by atoms with E-state index < -0.39 is 0 Å². The molecule has 0 unspecified atom stereocenters. The van der Waals surface area contributed by atoms with Gasteiger partial charge in [-0.2, -0.15) is 0 Å². The van der Waals surface area contributed by atoms with E-state index in [-0.39, 0.29) is 6.61 Å². The van der Waals surface area contributed by atoms with Crippen molar-refractivity contribution in [3.05, 3.63) is 59.4 Å². The summed E-state index contributed by atoms with van der Waals surface area (Å²) in [5, 5.41) is 9.03. The third-order valence-electron chi connectivity index (χ3n) is 2.91.